The second-order valence-corrected chi connectivity index (χ2v) is 6.34. The predicted octanol–water partition coefficient (Wildman–Crippen LogP) is 2.76. The molecule has 0 aromatic heterocycles. The fourth-order valence-corrected chi connectivity index (χ4v) is 2.81. The fourth-order valence-electron chi connectivity index (χ4n) is 2.81. The molecule has 1 saturated heterocycles. The van der Waals surface area contributed by atoms with Gasteiger partial charge in [0.2, 0.25) is 0 Å². The van der Waals surface area contributed by atoms with Crippen LogP contribution in [0.1, 0.15) is 47.0 Å². The van der Waals surface area contributed by atoms with Crippen LogP contribution < -0.4 is 5.32 Å². The number of nitrogens with one attached hydrogen (secondary N) is 1. The molecule has 2 atom stereocenters. The topological polar surface area (TPSA) is 24.5 Å². The molecule has 114 valence electrons. The summed E-state index contributed by atoms with van der Waals surface area (Å²) in [4.78, 5) is 2.58. The number of hydrogen-bond donors (Lipinski definition) is 1. The molecule has 0 aromatic carbocycles. The second-order valence-electron chi connectivity index (χ2n) is 6.34. The average Bonchev–Trinajstić information content (AvgIpc) is 2.38. The molecular formula is C16H34N2O. The van der Waals surface area contributed by atoms with Gasteiger partial charge >= 0.3 is 0 Å². The third-order valence-electron chi connectivity index (χ3n) is 4.17. The van der Waals surface area contributed by atoms with Crippen molar-refractivity contribution in [2.45, 2.75) is 53.0 Å². The van der Waals surface area contributed by atoms with E-state index in [1.54, 1.807) is 0 Å². The molecule has 0 bridgehead atoms. The molecule has 0 spiro atoms. The van der Waals surface area contributed by atoms with Gasteiger partial charge in [0, 0.05) is 25.7 Å². The highest BCUT2D eigenvalue weighted by molar-refractivity contribution is 4.80. The molecule has 19 heavy (non-hydrogen) atoms. The SMILES string of the molecule is CCNC(C)C1CCCN(CCOCCC(C)C)C1. The predicted molar refractivity (Wildman–Crippen MR) is 82.6 cm³/mol. The quantitative estimate of drug-likeness (QED) is 0.652. The lowest BCUT2D eigenvalue weighted by molar-refractivity contribution is 0.0745. The van der Waals surface area contributed by atoms with Crippen LogP contribution in [0.2, 0.25) is 0 Å². The van der Waals surface area contributed by atoms with Crippen LogP contribution in [0.3, 0.4) is 0 Å². The van der Waals surface area contributed by atoms with Gasteiger partial charge in [0.05, 0.1) is 6.61 Å². The van der Waals surface area contributed by atoms with E-state index in [0.29, 0.717) is 6.04 Å². The maximum absolute atomic E-state index is 5.73. The second kappa shape index (κ2) is 9.73. The van der Waals surface area contributed by atoms with Gasteiger partial charge in [0.15, 0.2) is 0 Å². The summed E-state index contributed by atoms with van der Waals surface area (Å²) >= 11 is 0. The van der Waals surface area contributed by atoms with Crippen LogP contribution in [0.4, 0.5) is 0 Å². The van der Waals surface area contributed by atoms with Crippen molar-refractivity contribution in [1.82, 2.24) is 10.2 Å². The highest BCUT2D eigenvalue weighted by Gasteiger charge is 2.23. The smallest absolute Gasteiger partial charge is 0.0593 e. The van der Waals surface area contributed by atoms with Crippen molar-refractivity contribution in [3.63, 3.8) is 0 Å². The summed E-state index contributed by atoms with van der Waals surface area (Å²) in [5, 5.41) is 3.57. The van der Waals surface area contributed by atoms with E-state index in [9.17, 15) is 0 Å². The Morgan fingerprint density at radius 3 is 2.74 bits per heavy atom. The Bertz CT molecular complexity index is 221. The molecule has 0 radical (unpaired) electrons. The van der Waals surface area contributed by atoms with Gasteiger partial charge in [-0.2, -0.15) is 0 Å². The Balaban J connectivity index is 2.13. The lowest BCUT2D eigenvalue weighted by Crippen LogP contribution is -2.45. The van der Waals surface area contributed by atoms with Gasteiger partial charge in [0.25, 0.3) is 0 Å². The summed E-state index contributed by atoms with van der Waals surface area (Å²) < 4.78 is 5.73. The molecule has 0 amide bonds. The van der Waals surface area contributed by atoms with Gasteiger partial charge in [-0.05, 0) is 51.1 Å². The molecule has 0 aliphatic carbocycles. The first kappa shape index (κ1) is 16.9. The highest BCUT2D eigenvalue weighted by Crippen LogP contribution is 2.19. The van der Waals surface area contributed by atoms with Gasteiger partial charge in [-0.1, -0.05) is 20.8 Å². The van der Waals surface area contributed by atoms with Crippen LogP contribution in [-0.4, -0.2) is 50.3 Å². The van der Waals surface area contributed by atoms with E-state index in [0.717, 1.165) is 38.1 Å². The van der Waals surface area contributed by atoms with Crippen LogP contribution in [0, 0.1) is 11.8 Å². The Labute approximate surface area is 120 Å². The van der Waals surface area contributed by atoms with Crippen molar-refractivity contribution in [1.29, 1.82) is 0 Å². The molecule has 1 aliphatic rings. The zero-order valence-electron chi connectivity index (χ0n) is 13.5. The number of rotatable bonds is 9. The normalized spacial score (nSPS) is 22.9. The molecule has 0 saturated carbocycles. The van der Waals surface area contributed by atoms with Crippen molar-refractivity contribution in [2.24, 2.45) is 11.8 Å². The Kier molecular flexibility index (Phi) is 8.67. The largest absolute Gasteiger partial charge is 0.380 e. The Hall–Kier alpha value is -0.120. The zero-order valence-corrected chi connectivity index (χ0v) is 13.5. The standard InChI is InChI=1S/C16H34N2O/c1-5-17-15(4)16-7-6-9-18(13-16)10-12-19-11-8-14(2)3/h14-17H,5-13H2,1-4H3. The summed E-state index contributed by atoms with van der Waals surface area (Å²) in [5.74, 6) is 1.56. The van der Waals surface area contributed by atoms with Crippen LogP contribution >= 0.6 is 0 Å². The van der Waals surface area contributed by atoms with Crippen molar-refractivity contribution in [2.75, 3.05) is 39.4 Å². The first-order valence-electron chi connectivity index (χ1n) is 8.17. The molecule has 2 unspecified atom stereocenters. The van der Waals surface area contributed by atoms with Gasteiger partial charge in [-0.3, -0.25) is 0 Å². The minimum Gasteiger partial charge on any atom is -0.380 e. The number of likely N-dealkylation sites (tertiary alicyclic amines) is 1. The van der Waals surface area contributed by atoms with E-state index in [2.05, 4.69) is 37.9 Å². The third kappa shape index (κ3) is 7.28. The van der Waals surface area contributed by atoms with Crippen LogP contribution in [0.25, 0.3) is 0 Å². The number of nitrogens with zero attached hydrogens (tertiary/aromatic N) is 1. The Morgan fingerprint density at radius 1 is 1.26 bits per heavy atom. The number of hydrogen-bond acceptors (Lipinski definition) is 3. The molecule has 0 aromatic rings. The van der Waals surface area contributed by atoms with Crippen LogP contribution in [0.15, 0.2) is 0 Å². The lowest BCUT2D eigenvalue weighted by atomic mass is 9.91. The molecule has 1 rings (SSSR count). The molecule has 1 aliphatic heterocycles. The van der Waals surface area contributed by atoms with E-state index in [1.807, 2.05) is 0 Å². The van der Waals surface area contributed by atoms with Gasteiger partial charge in [-0.25, -0.2) is 0 Å². The highest BCUT2D eigenvalue weighted by atomic mass is 16.5. The van der Waals surface area contributed by atoms with Crippen LogP contribution in [-0.2, 0) is 4.74 Å². The van der Waals surface area contributed by atoms with E-state index in [4.69, 9.17) is 4.74 Å². The number of piperidine rings is 1. The first-order valence-corrected chi connectivity index (χ1v) is 8.17. The van der Waals surface area contributed by atoms with E-state index < -0.39 is 0 Å². The molecule has 3 heteroatoms. The van der Waals surface area contributed by atoms with Crippen LogP contribution in [0.5, 0.6) is 0 Å². The van der Waals surface area contributed by atoms with Crippen molar-refractivity contribution < 1.29 is 4.74 Å². The summed E-state index contributed by atoms with van der Waals surface area (Å²) in [6.07, 6.45) is 3.89. The van der Waals surface area contributed by atoms with E-state index in [-0.39, 0.29) is 0 Å². The average molecular weight is 270 g/mol. The Morgan fingerprint density at radius 2 is 2.05 bits per heavy atom. The molecule has 3 nitrogen and oxygen atoms in total. The maximum atomic E-state index is 5.73. The van der Waals surface area contributed by atoms with Gasteiger partial charge in [-0.15, -0.1) is 0 Å². The minimum atomic E-state index is 0.648. The first-order chi connectivity index (χ1) is 9.13. The molecule has 1 heterocycles. The number of ether oxygens (including phenoxy) is 1. The fraction of sp³-hybridized carbons (Fsp3) is 1.00. The summed E-state index contributed by atoms with van der Waals surface area (Å²) in [7, 11) is 0. The van der Waals surface area contributed by atoms with Crippen molar-refractivity contribution in [3.05, 3.63) is 0 Å². The summed E-state index contributed by atoms with van der Waals surface area (Å²) in [6, 6.07) is 0.648. The lowest BCUT2D eigenvalue weighted by Gasteiger charge is -2.36. The third-order valence-corrected chi connectivity index (χ3v) is 4.17. The van der Waals surface area contributed by atoms with Gasteiger partial charge in [0.1, 0.15) is 0 Å². The molecular weight excluding hydrogens is 236 g/mol. The van der Waals surface area contributed by atoms with Crippen molar-refractivity contribution >= 4 is 0 Å². The minimum absolute atomic E-state index is 0.648. The monoisotopic (exact) mass is 270 g/mol. The summed E-state index contributed by atoms with van der Waals surface area (Å²) in [5.41, 5.74) is 0. The molecule has 1 fully saturated rings. The van der Waals surface area contributed by atoms with Crippen molar-refractivity contribution in [3.8, 4) is 0 Å². The van der Waals surface area contributed by atoms with Gasteiger partial charge < -0.3 is 15.0 Å². The maximum Gasteiger partial charge on any atom is 0.0593 e. The zero-order chi connectivity index (χ0) is 14.1. The summed E-state index contributed by atoms with van der Waals surface area (Å²) in [6.45, 7) is 15.5. The molecule has 1 N–H and O–H groups in total. The van der Waals surface area contributed by atoms with E-state index >= 15 is 0 Å². The van der Waals surface area contributed by atoms with E-state index in [1.165, 1.54) is 32.4 Å².